The summed E-state index contributed by atoms with van der Waals surface area (Å²) in [5, 5.41) is 3.48. The summed E-state index contributed by atoms with van der Waals surface area (Å²) in [5.74, 6) is 1.88. The van der Waals surface area contributed by atoms with Gasteiger partial charge in [0.1, 0.15) is 5.75 Å². The molecule has 0 heterocycles. The van der Waals surface area contributed by atoms with Gasteiger partial charge in [0.2, 0.25) is 0 Å². The lowest BCUT2D eigenvalue weighted by Crippen LogP contribution is -2.18. The number of benzene rings is 1. The average molecular weight is 354 g/mol. The van der Waals surface area contributed by atoms with E-state index < -0.39 is 0 Å². The third kappa shape index (κ3) is 5.00. The highest BCUT2D eigenvalue weighted by molar-refractivity contribution is 9.10. The van der Waals surface area contributed by atoms with E-state index in [0.717, 1.165) is 16.1 Å². The Hall–Kier alpha value is -0.540. The summed E-state index contributed by atoms with van der Waals surface area (Å²) in [6.45, 7) is 2.73. The smallest absolute Gasteiger partial charge is 0.120 e. The lowest BCUT2D eigenvalue weighted by atomic mass is 9.84. The molecule has 1 aromatic rings. The van der Waals surface area contributed by atoms with Crippen molar-refractivity contribution in [2.24, 2.45) is 5.92 Å². The maximum atomic E-state index is 5.56. The van der Waals surface area contributed by atoms with E-state index in [0.29, 0.717) is 12.6 Å². The standard InChI is InChI=1S/C18H28BrNO/c1-3-21-15-10-11-16(17(19)13-15)18(20-2)12-9-14-7-5-4-6-8-14/h10-11,13-14,18,20H,3-9,12H2,1-2H3. The predicted octanol–water partition coefficient (Wildman–Crippen LogP) is 5.47. The van der Waals surface area contributed by atoms with E-state index in [9.17, 15) is 0 Å². The van der Waals surface area contributed by atoms with Gasteiger partial charge in [-0.15, -0.1) is 0 Å². The molecule has 1 N–H and O–H groups in total. The van der Waals surface area contributed by atoms with Crippen LogP contribution >= 0.6 is 15.9 Å². The molecule has 0 spiro atoms. The zero-order valence-corrected chi connectivity index (χ0v) is 14.9. The average Bonchev–Trinajstić information content (AvgIpc) is 2.51. The molecule has 1 aromatic carbocycles. The second-order valence-electron chi connectivity index (χ2n) is 6.04. The molecule has 0 amide bonds. The molecule has 2 rings (SSSR count). The maximum Gasteiger partial charge on any atom is 0.120 e. The Kier molecular flexibility index (Phi) is 7.05. The van der Waals surface area contributed by atoms with E-state index in [4.69, 9.17) is 4.74 Å². The zero-order chi connectivity index (χ0) is 15.1. The molecule has 2 nitrogen and oxygen atoms in total. The summed E-state index contributed by atoms with van der Waals surface area (Å²) in [6.07, 6.45) is 9.72. The molecule has 3 heteroatoms. The molecule has 1 unspecified atom stereocenters. The lowest BCUT2D eigenvalue weighted by molar-refractivity contribution is 0.317. The van der Waals surface area contributed by atoms with E-state index in [1.807, 2.05) is 6.92 Å². The Morgan fingerprint density at radius 3 is 2.67 bits per heavy atom. The van der Waals surface area contributed by atoms with Crippen LogP contribution in [-0.4, -0.2) is 13.7 Å². The van der Waals surface area contributed by atoms with E-state index >= 15 is 0 Å². The third-order valence-corrected chi connectivity index (χ3v) is 5.28. The van der Waals surface area contributed by atoms with Crippen LogP contribution in [-0.2, 0) is 0 Å². The summed E-state index contributed by atoms with van der Waals surface area (Å²) in [5.41, 5.74) is 1.34. The second kappa shape index (κ2) is 8.79. The van der Waals surface area contributed by atoms with Crippen molar-refractivity contribution in [2.75, 3.05) is 13.7 Å². The first-order valence-electron chi connectivity index (χ1n) is 8.34. The van der Waals surface area contributed by atoms with Gasteiger partial charge < -0.3 is 10.1 Å². The molecule has 0 aliphatic heterocycles. The number of hydrogen-bond acceptors (Lipinski definition) is 2. The molecule has 118 valence electrons. The highest BCUT2D eigenvalue weighted by Crippen LogP contribution is 2.33. The minimum atomic E-state index is 0.428. The van der Waals surface area contributed by atoms with Crippen molar-refractivity contribution in [1.29, 1.82) is 0 Å². The van der Waals surface area contributed by atoms with Gasteiger partial charge in [0.15, 0.2) is 0 Å². The van der Waals surface area contributed by atoms with Crippen molar-refractivity contribution in [2.45, 2.75) is 57.9 Å². The highest BCUT2D eigenvalue weighted by atomic mass is 79.9. The Bertz CT molecular complexity index is 429. The van der Waals surface area contributed by atoms with Crippen LogP contribution in [0.3, 0.4) is 0 Å². The maximum absolute atomic E-state index is 5.56. The van der Waals surface area contributed by atoms with Crippen molar-refractivity contribution in [3.8, 4) is 5.75 Å². The van der Waals surface area contributed by atoms with Crippen LogP contribution in [0.4, 0.5) is 0 Å². The molecule has 0 saturated heterocycles. The van der Waals surface area contributed by atoms with Crippen molar-refractivity contribution in [1.82, 2.24) is 5.32 Å². The van der Waals surface area contributed by atoms with E-state index in [2.05, 4.69) is 46.5 Å². The van der Waals surface area contributed by atoms with Gasteiger partial charge >= 0.3 is 0 Å². The topological polar surface area (TPSA) is 21.3 Å². The number of rotatable bonds is 7. The minimum Gasteiger partial charge on any atom is -0.494 e. The van der Waals surface area contributed by atoms with Crippen LogP contribution in [0.25, 0.3) is 0 Å². The molecule has 0 bridgehead atoms. The number of ether oxygens (including phenoxy) is 1. The Balaban J connectivity index is 1.96. The number of halogens is 1. The second-order valence-corrected chi connectivity index (χ2v) is 6.89. The summed E-state index contributed by atoms with van der Waals surface area (Å²) >= 11 is 3.70. The largest absolute Gasteiger partial charge is 0.494 e. The molecule has 1 saturated carbocycles. The van der Waals surface area contributed by atoms with E-state index in [1.54, 1.807) is 0 Å². The van der Waals surface area contributed by atoms with Crippen LogP contribution in [0.1, 0.15) is 63.5 Å². The lowest BCUT2D eigenvalue weighted by Gasteiger charge is -2.25. The van der Waals surface area contributed by atoms with Gasteiger partial charge in [-0.3, -0.25) is 0 Å². The Morgan fingerprint density at radius 1 is 1.29 bits per heavy atom. The first-order chi connectivity index (χ1) is 10.2. The van der Waals surface area contributed by atoms with Crippen molar-refractivity contribution in [3.05, 3.63) is 28.2 Å². The number of nitrogens with one attached hydrogen (secondary N) is 1. The molecule has 1 aliphatic rings. The van der Waals surface area contributed by atoms with Crippen LogP contribution in [0, 0.1) is 5.92 Å². The Morgan fingerprint density at radius 2 is 2.05 bits per heavy atom. The first kappa shape index (κ1) is 16.8. The fourth-order valence-corrected chi connectivity index (χ4v) is 4.01. The first-order valence-corrected chi connectivity index (χ1v) is 9.13. The molecule has 0 aromatic heterocycles. The molecule has 1 aliphatic carbocycles. The summed E-state index contributed by atoms with van der Waals surface area (Å²) in [4.78, 5) is 0. The van der Waals surface area contributed by atoms with Crippen LogP contribution < -0.4 is 10.1 Å². The zero-order valence-electron chi connectivity index (χ0n) is 13.3. The minimum absolute atomic E-state index is 0.428. The van der Waals surface area contributed by atoms with E-state index in [-0.39, 0.29) is 0 Å². The van der Waals surface area contributed by atoms with Crippen LogP contribution in [0.5, 0.6) is 5.75 Å². The van der Waals surface area contributed by atoms with Gasteiger partial charge in [0.05, 0.1) is 6.61 Å². The van der Waals surface area contributed by atoms with Gasteiger partial charge in [-0.2, -0.15) is 0 Å². The van der Waals surface area contributed by atoms with Gasteiger partial charge in [0, 0.05) is 10.5 Å². The molecule has 21 heavy (non-hydrogen) atoms. The molecule has 1 atom stereocenters. The van der Waals surface area contributed by atoms with Gasteiger partial charge in [-0.1, -0.05) is 54.1 Å². The fourth-order valence-electron chi connectivity index (χ4n) is 3.38. The van der Waals surface area contributed by atoms with Crippen molar-refractivity contribution < 1.29 is 4.74 Å². The monoisotopic (exact) mass is 353 g/mol. The van der Waals surface area contributed by atoms with Crippen molar-refractivity contribution in [3.63, 3.8) is 0 Å². The quantitative estimate of drug-likeness (QED) is 0.701. The number of hydrogen-bond donors (Lipinski definition) is 1. The summed E-state index contributed by atoms with van der Waals surface area (Å²) in [6, 6.07) is 6.78. The van der Waals surface area contributed by atoms with Crippen LogP contribution in [0.15, 0.2) is 22.7 Å². The SMILES string of the molecule is CCOc1ccc(C(CCC2CCCCC2)NC)c(Br)c1. The normalized spacial score (nSPS) is 17.7. The molecular weight excluding hydrogens is 326 g/mol. The molecule has 0 radical (unpaired) electrons. The van der Waals surface area contributed by atoms with Gasteiger partial charge in [-0.25, -0.2) is 0 Å². The van der Waals surface area contributed by atoms with Crippen molar-refractivity contribution >= 4 is 15.9 Å². The Labute approximate surface area is 137 Å². The van der Waals surface area contributed by atoms with Gasteiger partial charge in [0.25, 0.3) is 0 Å². The predicted molar refractivity (Wildman–Crippen MR) is 92.9 cm³/mol. The molecule has 1 fully saturated rings. The molecular formula is C18H28BrNO. The van der Waals surface area contributed by atoms with Gasteiger partial charge in [-0.05, 0) is 50.4 Å². The fraction of sp³-hybridized carbons (Fsp3) is 0.667. The summed E-state index contributed by atoms with van der Waals surface area (Å²) in [7, 11) is 2.06. The van der Waals surface area contributed by atoms with Crippen LogP contribution in [0.2, 0.25) is 0 Å². The third-order valence-electron chi connectivity index (χ3n) is 4.60. The summed E-state index contributed by atoms with van der Waals surface area (Å²) < 4.78 is 6.71. The highest BCUT2D eigenvalue weighted by Gasteiger charge is 2.18. The van der Waals surface area contributed by atoms with E-state index in [1.165, 1.54) is 50.5 Å².